The summed E-state index contributed by atoms with van der Waals surface area (Å²) in [7, 11) is 0. The van der Waals surface area contributed by atoms with Crippen molar-refractivity contribution in [2.75, 3.05) is 19.6 Å². The Kier molecular flexibility index (Phi) is 4.08. The maximum Gasteiger partial charge on any atom is 0.304 e. The van der Waals surface area contributed by atoms with E-state index in [1.54, 1.807) is 0 Å². The molecule has 3 fully saturated rings. The minimum Gasteiger partial charge on any atom is -0.481 e. The fourth-order valence-electron chi connectivity index (χ4n) is 4.43. The van der Waals surface area contributed by atoms with E-state index in [9.17, 15) is 4.79 Å². The molecule has 3 unspecified atom stereocenters. The molecule has 0 aromatic heterocycles. The second-order valence-electron chi connectivity index (χ2n) is 6.50. The van der Waals surface area contributed by atoms with Crippen molar-refractivity contribution in [3.8, 4) is 0 Å². The van der Waals surface area contributed by atoms with Gasteiger partial charge in [0.1, 0.15) is 0 Å². The molecule has 1 N–H and O–H groups in total. The van der Waals surface area contributed by atoms with Gasteiger partial charge in [-0.1, -0.05) is 6.42 Å². The van der Waals surface area contributed by atoms with Crippen LogP contribution in [-0.2, 0) is 4.79 Å². The van der Waals surface area contributed by atoms with Gasteiger partial charge < -0.3 is 10.0 Å². The Labute approximate surface area is 115 Å². The van der Waals surface area contributed by atoms with Gasteiger partial charge in [0, 0.05) is 18.1 Å². The first-order chi connectivity index (χ1) is 9.24. The molecule has 0 saturated carbocycles. The van der Waals surface area contributed by atoms with Crippen molar-refractivity contribution in [1.29, 1.82) is 0 Å². The summed E-state index contributed by atoms with van der Waals surface area (Å²) in [4.78, 5) is 16.2. The van der Waals surface area contributed by atoms with E-state index >= 15 is 0 Å². The fraction of sp³-hybridized carbons (Fsp3) is 0.933. The van der Waals surface area contributed by atoms with Gasteiger partial charge in [0.25, 0.3) is 0 Å². The van der Waals surface area contributed by atoms with Crippen LogP contribution >= 0.6 is 0 Å². The molecule has 4 nitrogen and oxygen atoms in total. The third-order valence-corrected chi connectivity index (χ3v) is 5.34. The van der Waals surface area contributed by atoms with Crippen molar-refractivity contribution in [3.05, 3.63) is 0 Å². The van der Waals surface area contributed by atoms with Gasteiger partial charge in [-0.25, -0.2) is 0 Å². The van der Waals surface area contributed by atoms with E-state index in [2.05, 4.69) is 9.80 Å². The Hall–Kier alpha value is -0.610. The highest BCUT2D eigenvalue weighted by Crippen LogP contribution is 2.33. The third kappa shape index (κ3) is 2.95. The van der Waals surface area contributed by atoms with Crippen LogP contribution in [0.5, 0.6) is 0 Å². The zero-order valence-corrected chi connectivity index (χ0v) is 11.8. The quantitative estimate of drug-likeness (QED) is 0.848. The molecule has 0 aromatic rings. The maximum atomic E-state index is 11.0. The summed E-state index contributed by atoms with van der Waals surface area (Å²) in [5.41, 5.74) is 0. The lowest BCUT2D eigenvalue weighted by Crippen LogP contribution is -2.53. The maximum absolute atomic E-state index is 11.0. The molecular weight excluding hydrogens is 240 g/mol. The molecule has 0 bridgehead atoms. The van der Waals surface area contributed by atoms with Crippen LogP contribution in [0.4, 0.5) is 0 Å². The van der Waals surface area contributed by atoms with Crippen LogP contribution in [0.2, 0.25) is 0 Å². The molecule has 108 valence electrons. The van der Waals surface area contributed by atoms with Gasteiger partial charge in [0.2, 0.25) is 0 Å². The number of likely N-dealkylation sites (tertiary alicyclic amines) is 1. The molecule has 3 atom stereocenters. The summed E-state index contributed by atoms with van der Waals surface area (Å²) in [6, 6.07) is 1.72. The second-order valence-corrected chi connectivity index (χ2v) is 6.50. The molecule has 3 rings (SSSR count). The van der Waals surface area contributed by atoms with Crippen LogP contribution < -0.4 is 0 Å². The number of carbonyl (C=O) groups is 1. The number of aliphatic carboxylic acids is 1. The van der Waals surface area contributed by atoms with Crippen molar-refractivity contribution in [2.45, 2.75) is 69.5 Å². The predicted octanol–water partition coefficient (Wildman–Crippen LogP) is 1.94. The van der Waals surface area contributed by atoms with Crippen LogP contribution in [0.25, 0.3) is 0 Å². The third-order valence-electron chi connectivity index (χ3n) is 5.34. The number of nitrogens with zero attached hydrogens (tertiary/aromatic N) is 2. The lowest BCUT2D eigenvalue weighted by Gasteiger charge is -2.45. The topological polar surface area (TPSA) is 43.8 Å². The Morgan fingerprint density at radius 1 is 1.00 bits per heavy atom. The van der Waals surface area contributed by atoms with Crippen LogP contribution in [0.15, 0.2) is 0 Å². The van der Waals surface area contributed by atoms with Gasteiger partial charge >= 0.3 is 5.97 Å². The van der Waals surface area contributed by atoms with E-state index in [0.29, 0.717) is 18.5 Å². The summed E-state index contributed by atoms with van der Waals surface area (Å²) in [5.74, 6) is -0.629. The molecule has 3 heterocycles. The number of rotatable bonds is 3. The number of hydrogen-bond acceptors (Lipinski definition) is 3. The Morgan fingerprint density at radius 2 is 1.89 bits per heavy atom. The Morgan fingerprint density at radius 3 is 2.74 bits per heavy atom. The monoisotopic (exact) mass is 266 g/mol. The smallest absolute Gasteiger partial charge is 0.304 e. The van der Waals surface area contributed by atoms with E-state index in [0.717, 1.165) is 19.0 Å². The molecule has 0 amide bonds. The number of hydrogen-bond donors (Lipinski definition) is 1. The first-order valence-corrected chi connectivity index (χ1v) is 7.95. The lowest BCUT2D eigenvalue weighted by molar-refractivity contribution is -0.139. The first kappa shape index (κ1) is 13.4. The number of carboxylic acids is 1. The van der Waals surface area contributed by atoms with Gasteiger partial charge in [-0.3, -0.25) is 9.69 Å². The Bertz CT molecular complexity index is 334. The summed E-state index contributed by atoms with van der Waals surface area (Å²) < 4.78 is 0. The molecule has 0 spiro atoms. The van der Waals surface area contributed by atoms with E-state index < -0.39 is 5.97 Å². The van der Waals surface area contributed by atoms with E-state index in [1.165, 1.54) is 51.6 Å². The standard InChI is InChI=1S/C15H26N2O2/c18-15(19)11-13-4-1-2-8-17(13)14-6-9-16-7-3-5-12(16)10-14/h12-14H,1-11H2,(H,18,19). The van der Waals surface area contributed by atoms with Gasteiger partial charge in [-0.05, 0) is 58.2 Å². The van der Waals surface area contributed by atoms with Crippen molar-refractivity contribution in [1.82, 2.24) is 9.80 Å². The highest BCUT2D eigenvalue weighted by atomic mass is 16.4. The van der Waals surface area contributed by atoms with E-state index in [1.807, 2.05) is 0 Å². The summed E-state index contributed by atoms with van der Waals surface area (Å²) in [5, 5.41) is 9.10. The van der Waals surface area contributed by atoms with Crippen molar-refractivity contribution in [2.24, 2.45) is 0 Å². The van der Waals surface area contributed by atoms with E-state index in [4.69, 9.17) is 5.11 Å². The number of fused-ring (bicyclic) bond motifs is 1. The van der Waals surface area contributed by atoms with Gasteiger partial charge in [0.15, 0.2) is 0 Å². The molecule has 19 heavy (non-hydrogen) atoms. The lowest BCUT2D eigenvalue weighted by atomic mass is 9.90. The molecule has 4 heteroatoms. The largest absolute Gasteiger partial charge is 0.481 e. The predicted molar refractivity (Wildman–Crippen MR) is 74.2 cm³/mol. The van der Waals surface area contributed by atoms with Crippen LogP contribution in [0.1, 0.15) is 51.4 Å². The van der Waals surface area contributed by atoms with E-state index in [-0.39, 0.29) is 0 Å². The molecular formula is C15H26N2O2. The summed E-state index contributed by atoms with van der Waals surface area (Å²) in [6.07, 6.45) is 9.10. The van der Waals surface area contributed by atoms with Crippen LogP contribution in [0.3, 0.4) is 0 Å². The highest BCUT2D eigenvalue weighted by Gasteiger charge is 2.37. The summed E-state index contributed by atoms with van der Waals surface area (Å²) >= 11 is 0. The first-order valence-electron chi connectivity index (χ1n) is 7.95. The van der Waals surface area contributed by atoms with Crippen LogP contribution in [-0.4, -0.2) is 58.6 Å². The minimum absolute atomic E-state index is 0.296. The van der Waals surface area contributed by atoms with Gasteiger partial charge in [-0.15, -0.1) is 0 Å². The van der Waals surface area contributed by atoms with Gasteiger partial charge in [0.05, 0.1) is 6.42 Å². The molecule has 3 aliphatic rings. The molecule has 0 aliphatic carbocycles. The minimum atomic E-state index is -0.629. The van der Waals surface area contributed by atoms with Crippen LogP contribution in [0, 0.1) is 0 Å². The fourth-order valence-corrected chi connectivity index (χ4v) is 4.43. The zero-order valence-electron chi connectivity index (χ0n) is 11.8. The molecule has 0 aromatic carbocycles. The average Bonchev–Trinajstić information content (AvgIpc) is 2.86. The normalized spacial score (nSPS) is 37.2. The molecule has 3 saturated heterocycles. The molecule has 3 aliphatic heterocycles. The average molecular weight is 266 g/mol. The van der Waals surface area contributed by atoms with Crippen molar-refractivity contribution >= 4 is 5.97 Å². The Balaban J connectivity index is 1.63. The molecule has 0 radical (unpaired) electrons. The number of piperidine rings is 2. The summed E-state index contributed by atoms with van der Waals surface area (Å²) in [6.45, 7) is 3.64. The van der Waals surface area contributed by atoms with Crippen molar-refractivity contribution in [3.63, 3.8) is 0 Å². The SMILES string of the molecule is O=C(O)CC1CCCCN1C1CCN2CCCC2C1. The highest BCUT2D eigenvalue weighted by molar-refractivity contribution is 5.67. The second kappa shape index (κ2) is 5.80. The zero-order chi connectivity index (χ0) is 13.2. The van der Waals surface area contributed by atoms with Crippen molar-refractivity contribution < 1.29 is 9.90 Å². The van der Waals surface area contributed by atoms with Gasteiger partial charge in [-0.2, -0.15) is 0 Å². The number of carboxylic acid groups (broad SMARTS) is 1.